The van der Waals surface area contributed by atoms with Crippen molar-refractivity contribution >= 4 is 23.7 Å². The van der Waals surface area contributed by atoms with Gasteiger partial charge in [-0.25, -0.2) is 4.98 Å². The molecule has 1 aliphatic carbocycles. The molecule has 1 amide bonds. The van der Waals surface area contributed by atoms with Crippen molar-refractivity contribution in [3.8, 4) is 0 Å². The smallest absolute Gasteiger partial charge is 0.209 e. The fourth-order valence-corrected chi connectivity index (χ4v) is 4.46. The molecule has 0 bridgehead atoms. The average molecular weight is 365 g/mol. The van der Waals surface area contributed by atoms with Crippen LogP contribution in [-0.2, 0) is 4.79 Å². The van der Waals surface area contributed by atoms with Gasteiger partial charge < -0.3 is 10.2 Å². The second-order valence-electron chi connectivity index (χ2n) is 7.62. The summed E-state index contributed by atoms with van der Waals surface area (Å²) >= 11 is 5.85. The Morgan fingerprint density at radius 2 is 2.00 bits per heavy atom. The molecule has 25 heavy (non-hydrogen) atoms. The molecular formula is C19H29ClN4O. The minimum absolute atomic E-state index is 0.497. The van der Waals surface area contributed by atoms with Crippen LogP contribution < -0.4 is 5.32 Å². The summed E-state index contributed by atoms with van der Waals surface area (Å²) in [5.74, 6) is 0.673. The van der Waals surface area contributed by atoms with Gasteiger partial charge in [-0.2, -0.15) is 0 Å². The summed E-state index contributed by atoms with van der Waals surface area (Å²) in [6.07, 6.45) is 7.57. The predicted octanol–water partition coefficient (Wildman–Crippen LogP) is 3.26. The van der Waals surface area contributed by atoms with Crippen LogP contribution in [0.4, 0.5) is 5.69 Å². The molecule has 1 N–H and O–H groups in total. The Morgan fingerprint density at radius 3 is 2.60 bits per heavy atom. The molecule has 1 saturated heterocycles. The number of nitrogens with one attached hydrogen (secondary N) is 1. The molecular weight excluding hydrogens is 336 g/mol. The van der Waals surface area contributed by atoms with E-state index in [1.165, 1.54) is 12.8 Å². The average Bonchev–Trinajstić information content (AvgIpc) is 2.63. The monoisotopic (exact) mass is 364 g/mol. The third kappa shape index (κ3) is 4.64. The van der Waals surface area contributed by atoms with E-state index in [1.807, 2.05) is 17.0 Å². The number of piperazine rings is 1. The van der Waals surface area contributed by atoms with E-state index in [0.717, 1.165) is 44.6 Å². The number of aromatic nitrogens is 1. The van der Waals surface area contributed by atoms with Crippen LogP contribution in [0.2, 0.25) is 5.15 Å². The Morgan fingerprint density at radius 1 is 1.24 bits per heavy atom. The predicted molar refractivity (Wildman–Crippen MR) is 102 cm³/mol. The van der Waals surface area contributed by atoms with Gasteiger partial charge in [0.05, 0.1) is 11.9 Å². The van der Waals surface area contributed by atoms with E-state index in [2.05, 4.69) is 29.0 Å². The van der Waals surface area contributed by atoms with E-state index in [1.54, 1.807) is 6.20 Å². The third-order valence-electron chi connectivity index (χ3n) is 5.72. The normalized spacial score (nSPS) is 28.2. The topological polar surface area (TPSA) is 48.5 Å². The zero-order valence-electron chi connectivity index (χ0n) is 15.2. The molecule has 3 rings (SSSR count). The zero-order valence-corrected chi connectivity index (χ0v) is 16.0. The highest BCUT2D eigenvalue weighted by Crippen LogP contribution is 2.33. The second-order valence-corrected chi connectivity index (χ2v) is 8.01. The number of hydrogen-bond donors (Lipinski definition) is 1. The van der Waals surface area contributed by atoms with Crippen molar-refractivity contribution in [1.29, 1.82) is 0 Å². The Bertz CT molecular complexity index is 557. The first-order valence-electron chi connectivity index (χ1n) is 9.40. The fourth-order valence-electron chi connectivity index (χ4n) is 4.35. The molecule has 1 unspecified atom stereocenters. The van der Waals surface area contributed by atoms with Gasteiger partial charge in [0.25, 0.3) is 0 Å². The van der Waals surface area contributed by atoms with Gasteiger partial charge in [0.2, 0.25) is 6.41 Å². The van der Waals surface area contributed by atoms with Crippen molar-refractivity contribution in [3.63, 3.8) is 0 Å². The van der Waals surface area contributed by atoms with E-state index in [-0.39, 0.29) is 0 Å². The Kier molecular flexibility index (Phi) is 6.18. The van der Waals surface area contributed by atoms with Crippen molar-refractivity contribution < 1.29 is 4.79 Å². The van der Waals surface area contributed by atoms with Gasteiger partial charge >= 0.3 is 0 Å². The first kappa shape index (κ1) is 18.5. The minimum Gasteiger partial charge on any atom is -0.381 e. The highest BCUT2D eigenvalue weighted by Gasteiger charge is 2.36. The number of amides is 1. The highest BCUT2D eigenvalue weighted by atomic mass is 35.5. The summed E-state index contributed by atoms with van der Waals surface area (Å²) in [6.45, 7) is 7.27. The SMILES string of the molecule is CC(C)N1CCN(C=O)CC1C1CCC(Nc2ccc(Cl)nc2)CC1. The number of halogens is 1. The molecule has 5 nitrogen and oxygen atoms in total. The molecule has 2 fully saturated rings. The number of pyridine rings is 1. The molecule has 0 aromatic carbocycles. The summed E-state index contributed by atoms with van der Waals surface area (Å²) in [7, 11) is 0. The van der Waals surface area contributed by atoms with Crippen LogP contribution in [0, 0.1) is 5.92 Å². The molecule has 0 spiro atoms. The van der Waals surface area contributed by atoms with Gasteiger partial charge in [-0.3, -0.25) is 9.69 Å². The lowest BCUT2D eigenvalue weighted by Gasteiger charge is -2.47. The number of anilines is 1. The number of rotatable bonds is 5. The summed E-state index contributed by atoms with van der Waals surface area (Å²) in [6, 6.07) is 5.35. The van der Waals surface area contributed by atoms with Crippen LogP contribution in [-0.4, -0.2) is 59.0 Å². The van der Waals surface area contributed by atoms with Gasteiger partial charge in [-0.1, -0.05) is 11.6 Å². The van der Waals surface area contributed by atoms with E-state index >= 15 is 0 Å². The van der Waals surface area contributed by atoms with Crippen molar-refractivity contribution in [3.05, 3.63) is 23.5 Å². The van der Waals surface area contributed by atoms with Gasteiger partial charge in [0, 0.05) is 37.8 Å². The molecule has 1 atom stereocenters. The number of nitrogens with zero attached hydrogens (tertiary/aromatic N) is 3. The molecule has 6 heteroatoms. The maximum absolute atomic E-state index is 11.2. The van der Waals surface area contributed by atoms with Crippen molar-refractivity contribution in [1.82, 2.24) is 14.8 Å². The van der Waals surface area contributed by atoms with Crippen LogP contribution in [0.5, 0.6) is 0 Å². The van der Waals surface area contributed by atoms with Crippen molar-refractivity contribution in [2.45, 2.75) is 57.7 Å². The third-order valence-corrected chi connectivity index (χ3v) is 5.94. The Balaban J connectivity index is 1.56. The van der Waals surface area contributed by atoms with Crippen LogP contribution >= 0.6 is 11.6 Å². The second kappa shape index (κ2) is 8.37. The standard InChI is InChI=1S/C19H29ClN4O/c1-14(2)24-10-9-23(13-25)12-18(24)15-3-5-16(6-4-15)22-17-7-8-19(20)21-11-17/h7-8,11,13-16,18,22H,3-6,9-10,12H2,1-2H3. The lowest BCUT2D eigenvalue weighted by atomic mass is 9.79. The lowest BCUT2D eigenvalue weighted by molar-refractivity contribution is -0.122. The summed E-state index contributed by atoms with van der Waals surface area (Å²) in [5.41, 5.74) is 1.04. The maximum atomic E-state index is 11.2. The van der Waals surface area contributed by atoms with Crippen LogP contribution in [0.1, 0.15) is 39.5 Å². The number of hydrogen-bond acceptors (Lipinski definition) is 4. The van der Waals surface area contributed by atoms with Crippen molar-refractivity contribution in [2.24, 2.45) is 5.92 Å². The van der Waals surface area contributed by atoms with Gasteiger partial charge in [0.15, 0.2) is 0 Å². The Labute approximate surface area is 155 Å². The van der Waals surface area contributed by atoms with Crippen molar-refractivity contribution in [2.75, 3.05) is 25.0 Å². The van der Waals surface area contributed by atoms with Gasteiger partial charge in [-0.15, -0.1) is 0 Å². The lowest BCUT2D eigenvalue weighted by Crippen LogP contribution is -2.58. The molecule has 1 aliphatic heterocycles. The van der Waals surface area contributed by atoms with Gasteiger partial charge in [0.1, 0.15) is 5.15 Å². The molecule has 1 aromatic rings. The first-order chi connectivity index (χ1) is 12.1. The quantitative estimate of drug-likeness (QED) is 0.643. The van der Waals surface area contributed by atoms with Crippen LogP contribution in [0.15, 0.2) is 18.3 Å². The number of carbonyl (C=O) groups is 1. The van der Waals surface area contributed by atoms with E-state index < -0.39 is 0 Å². The summed E-state index contributed by atoms with van der Waals surface area (Å²) < 4.78 is 0. The largest absolute Gasteiger partial charge is 0.381 e. The van der Waals surface area contributed by atoms with E-state index in [4.69, 9.17) is 11.6 Å². The molecule has 1 saturated carbocycles. The molecule has 2 heterocycles. The molecule has 2 aliphatic rings. The molecule has 138 valence electrons. The molecule has 0 radical (unpaired) electrons. The van der Waals surface area contributed by atoms with Crippen LogP contribution in [0.3, 0.4) is 0 Å². The highest BCUT2D eigenvalue weighted by molar-refractivity contribution is 6.29. The minimum atomic E-state index is 0.497. The summed E-state index contributed by atoms with van der Waals surface area (Å²) in [4.78, 5) is 19.9. The number of carbonyl (C=O) groups excluding carboxylic acids is 1. The molecule has 1 aromatic heterocycles. The zero-order chi connectivity index (χ0) is 17.8. The summed E-state index contributed by atoms with van der Waals surface area (Å²) in [5, 5.41) is 4.11. The maximum Gasteiger partial charge on any atom is 0.209 e. The fraction of sp³-hybridized carbons (Fsp3) is 0.684. The van der Waals surface area contributed by atoms with E-state index in [9.17, 15) is 4.79 Å². The van der Waals surface area contributed by atoms with E-state index in [0.29, 0.717) is 29.2 Å². The Hall–Kier alpha value is -1.33. The van der Waals surface area contributed by atoms with Gasteiger partial charge in [-0.05, 0) is 57.6 Å². The van der Waals surface area contributed by atoms with Crippen LogP contribution in [0.25, 0.3) is 0 Å². The first-order valence-corrected chi connectivity index (χ1v) is 9.78.